The standard InChI is InChI=1S/C11H25N3O4Si/c1-19(2,3)9-8-18-10(15)13-5-7-14(6-4-12)11(16)17/h4-9,12H2,1-3H3,(H,13,15)(H,16,17). The van der Waals surface area contributed by atoms with Crippen LogP contribution in [0.25, 0.3) is 0 Å². The van der Waals surface area contributed by atoms with Gasteiger partial charge in [0.1, 0.15) is 0 Å². The number of nitrogens with zero attached hydrogens (tertiary/aromatic N) is 1. The summed E-state index contributed by atoms with van der Waals surface area (Å²) in [5.41, 5.74) is 5.29. The van der Waals surface area contributed by atoms with E-state index < -0.39 is 20.3 Å². The van der Waals surface area contributed by atoms with E-state index in [1.54, 1.807) is 0 Å². The number of carbonyl (C=O) groups excluding carboxylic acids is 1. The normalized spacial score (nSPS) is 10.9. The molecule has 0 spiro atoms. The molecule has 0 saturated carbocycles. The predicted octanol–water partition coefficient (Wildman–Crippen LogP) is 0.990. The Morgan fingerprint density at radius 3 is 2.42 bits per heavy atom. The van der Waals surface area contributed by atoms with Crippen molar-refractivity contribution >= 4 is 20.3 Å². The zero-order valence-electron chi connectivity index (χ0n) is 11.9. The fraction of sp³-hybridized carbons (Fsp3) is 0.818. The third-order valence-electron chi connectivity index (χ3n) is 2.41. The van der Waals surface area contributed by atoms with Crippen LogP contribution in [0, 0.1) is 0 Å². The van der Waals surface area contributed by atoms with Gasteiger partial charge < -0.3 is 25.8 Å². The molecule has 0 aliphatic heterocycles. The van der Waals surface area contributed by atoms with Crippen molar-refractivity contribution in [3.63, 3.8) is 0 Å². The number of amides is 2. The number of carboxylic acid groups (broad SMARTS) is 1. The SMILES string of the molecule is C[Si](C)(C)CCOC(=O)NCCN(CCN)C(=O)O. The molecule has 112 valence electrons. The number of hydrogen-bond acceptors (Lipinski definition) is 4. The molecule has 0 rings (SSSR count). The summed E-state index contributed by atoms with van der Waals surface area (Å²) < 4.78 is 5.01. The molecule has 0 radical (unpaired) electrons. The third kappa shape index (κ3) is 10.3. The van der Waals surface area contributed by atoms with E-state index in [1.165, 1.54) is 0 Å². The maximum Gasteiger partial charge on any atom is 0.407 e. The number of ether oxygens (including phenoxy) is 1. The summed E-state index contributed by atoms with van der Waals surface area (Å²) in [7, 11) is -1.20. The predicted molar refractivity (Wildman–Crippen MR) is 76.2 cm³/mol. The number of nitrogens with one attached hydrogen (secondary N) is 1. The molecule has 8 heteroatoms. The number of rotatable bonds is 8. The van der Waals surface area contributed by atoms with Gasteiger partial charge in [-0.3, -0.25) is 0 Å². The highest BCUT2D eigenvalue weighted by molar-refractivity contribution is 6.76. The van der Waals surface area contributed by atoms with Crippen LogP contribution in [0.1, 0.15) is 0 Å². The first-order chi connectivity index (χ1) is 8.76. The van der Waals surface area contributed by atoms with Crippen LogP contribution in [0.2, 0.25) is 25.7 Å². The van der Waals surface area contributed by atoms with Gasteiger partial charge in [0.15, 0.2) is 0 Å². The van der Waals surface area contributed by atoms with Gasteiger partial charge in [-0.15, -0.1) is 0 Å². The monoisotopic (exact) mass is 291 g/mol. The fourth-order valence-corrected chi connectivity index (χ4v) is 1.97. The summed E-state index contributed by atoms with van der Waals surface area (Å²) in [6.45, 7) is 7.94. The molecule has 0 aliphatic rings. The summed E-state index contributed by atoms with van der Waals surface area (Å²) in [6.07, 6.45) is -1.55. The van der Waals surface area contributed by atoms with Crippen LogP contribution in [-0.4, -0.2) is 63.1 Å². The zero-order valence-corrected chi connectivity index (χ0v) is 12.9. The Morgan fingerprint density at radius 2 is 1.95 bits per heavy atom. The lowest BCUT2D eigenvalue weighted by Crippen LogP contribution is -2.40. The van der Waals surface area contributed by atoms with Crippen LogP contribution in [0.3, 0.4) is 0 Å². The van der Waals surface area contributed by atoms with Gasteiger partial charge in [-0.2, -0.15) is 0 Å². The highest BCUT2D eigenvalue weighted by Gasteiger charge is 2.14. The average Bonchev–Trinajstić information content (AvgIpc) is 2.25. The molecule has 0 aromatic carbocycles. The molecule has 2 amide bonds. The van der Waals surface area contributed by atoms with Crippen molar-refractivity contribution in [1.82, 2.24) is 10.2 Å². The van der Waals surface area contributed by atoms with E-state index in [4.69, 9.17) is 15.6 Å². The third-order valence-corrected chi connectivity index (χ3v) is 4.11. The first kappa shape index (κ1) is 17.7. The van der Waals surface area contributed by atoms with Crippen LogP contribution in [-0.2, 0) is 4.74 Å². The summed E-state index contributed by atoms with van der Waals surface area (Å²) >= 11 is 0. The second kappa shape index (κ2) is 8.76. The quantitative estimate of drug-likeness (QED) is 0.578. The van der Waals surface area contributed by atoms with E-state index in [9.17, 15) is 9.59 Å². The lowest BCUT2D eigenvalue weighted by Gasteiger charge is -2.18. The van der Waals surface area contributed by atoms with Gasteiger partial charge in [-0.25, -0.2) is 9.59 Å². The second-order valence-electron chi connectivity index (χ2n) is 5.43. The highest BCUT2D eigenvalue weighted by atomic mass is 28.3. The number of alkyl carbamates (subject to hydrolysis) is 1. The topological polar surface area (TPSA) is 105 Å². The molecule has 0 heterocycles. The first-order valence-corrected chi connectivity index (χ1v) is 10.1. The Kier molecular flexibility index (Phi) is 8.16. The molecule has 0 saturated heterocycles. The van der Waals surface area contributed by atoms with Crippen molar-refractivity contribution in [3.05, 3.63) is 0 Å². The van der Waals surface area contributed by atoms with E-state index in [0.717, 1.165) is 10.9 Å². The summed E-state index contributed by atoms with van der Waals surface area (Å²) in [5, 5.41) is 11.4. The van der Waals surface area contributed by atoms with E-state index in [-0.39, 0.29) is 26.2 Å². The fourth-order valence-electron chi connectivity index (χ4n) is 1.25. The molecule has 0 fully saturated rings. The van der Waals surface area contributed by atoms with Gasteiger partial charge in [0.2, 0.25) is 0 Å². The van der Waals surface area contributed by atoms with Gasteiger partial charge in [0, 0.05) is 34.3 Å². The molecule has 0 aromatic heterocycles. The molecular formula is C11H25N3O4Si. The van der Waals surface area contributed by atoms with Crippen molar-refractivity contribution in [3.8, 4) is 0 Å². The number of nitrogens with two attached hydrogens (primary N) is 1. The van der Waals surface area contributed by atoms with Gasteiger partial charge in [0.25, 0.3) is 0 Å². The Bertz CT molecular complexity index is 294. The molecule has 0 unspecified atom stereocenters. The Morgan fingerprint density at radius 1 is 1.32 bits per heavy atom. The molecular weight excluding hydrogens is 266 g/mol. The first-order valence-electron chi connectivity index (χ1n) is 6.35. The van der Waals surface area contributed by atoms with Crippen LogP contribution < -0.4 is 11.1 Å². The molecule has 4 N–H and O–H groups in total. The van der Waals surface area contributed by atoms with Gasteiger partial charge >= 0.3 is 12.2 Å². The van der Waals surface area contributed by atoms with E-state index in [2.05, 4.69) is 25.0 Å². The van der Waals surface area contributed by atoms with Crippen molar-refractivity contribution in [2.24, 2.45) is 5.73 Å². The van der Waals surface area contributed by atoms with Crippen molar-refractivity contribution in [2.75, 3.05) is 32.8 Å². The van der Waals surface area contributed by atoms with Gasteiger partial charge in [-0.1, -0.05) is 19.6 Å². The molecule has 0 aliphatic carbocycles. The van der Waals surface area contributed by atoms with Crippen LogP contribution in [0.4, 0.5) is 9.59 Å². The highest BCUT2D eigenvalue weighted by Crippen LogP contribution is 2.07. The lowest BCUT2D eigenvalue weighted by molar-refractivity contribution is 0.139. The Balaban J connectivity index is 3.75. The number of carbonyl (C=O) groups is 2. The summed E-state index contributed by atoms with van der Waals surface area (Å²) in [4.78, 5) is 23.3. The number of hydrogen-bond donors (Lipinski definition) is 3. The summed E-state index contributed by atoms with van der Waals surface area (Å²) in [6, 6.07) is 0.912. The molecule has 0 aromatic rings. The smallest absolute Gasteiger partial charge is 0.407 e. The van der Waals surface area contributed by atoms with E-state index >= 15 is 0 Å². The molecule has 0 atom stereocenters. The van der Waals surface area contributed by atoms with Gasteiger partial charge in [-0.05, 0) is 6.04 Å². The minimum Gasteiger partial charge on any atom is -0.465 e. The zero-order chi connectivity index (χ0) is 14.9. The lowest BCUT2D eigenvalue weighted by atomic mass is 10.5. The van der Waals surface area contributed by atoms with Crippen LogP contribution in [0.15, 0.2) is 0 Å². The maximum absolute atomic E-state index is 11.3. The van der Waals surface area contributed by atoms with Crippen molar-refractivity contribution < 1.29 is 19.4 Å². The Hall–Kier alpha value is -1.28. The van der Waals surface area contributed by atoms with Crippen molar-refractivity contribution in [1.29, 1.82) is 0 Å². The molecule has 7 nitrogen and oxygen atoms in total. The van der Waals surface area contributed by atoms with E-state index in [1.807, 2.05) is 0 Å². The minimum absolute atomic E-state index is 0.204. The largest absolute Gasteiger partial charge is 0.465 e. The average molecular weight is 291 g/mol. The Labute approximate surface area is 115 Å². The van der Waals surface area contributed by atoms with Crippen LogP contribution >= 0.6 is 0 Å². The van der Waals surface area contributed by atoms with Crippen molar-refractivity contribution in [2.45, 2.75) is 25.7 Å². The summed E-state index contributed by atoms with van der Waals surface area (Å²) in [5.74, 6) is 0. The van der Waals surface area contributed by atoms with E-state index in [0.29, 0.717) is 6.61 Å². The van der Waals surface area contributed by atoms with Gasteiger partial charge in [0.05, 0.1) is 6.61 Å². The van der Waals surface area contributed by atoms with Crippen LogP contribution in [0.5, 0.6) is 0 Å². The molecule has 19 heavy (non-hydrogen) atoms. The maximum atomic E-state index is 11.3. The second-order valence-corrected chi connectivity index (χ2v) is 11.1. The molecule has 0 bridgehead atoms. The minimum atomic E-state index is -1.20.